The molecule has 0 unspecified atom stereocenters. The molecule has 5 atom stereocenters. The summed E-state index contributed by atoms with van der Waals surface area (Å²) in [6.07, 6.45) is 6.36. The largest absolute Gasteiger partial charge is 0.461 e. The molecule has 2 bridgehead atoms. The molecule has 2 nitrogen and oxygen atoms in total. The van der Waals surface area contributed by atoms with Gasteiger partial charge in [0.05, 0.1) is 0 Å². The highest BCUT2D eigenvalue weighted by molar-refractivity contribution is 5.39. The smallest absolute Gasteiger partial charge is 0.293 e. The average molecular weight is 250 g/mol. The molecule has 3 aliphatic carbocycles. The van der Waals surface area contributed by atoms with E-state index in [2.05, 4.69) is 27.7 Å². The Bertz CT molecular complexity index is 375. The first-order valence-electron chi connectivity index (χ1n) is 7.48. The molecule has 0 heterocycles. The molecule has 0 aromatic rings. The van der Waals surface area contributed by atoms with Crippen LogP contribution in [0.5, 0.6) is 0 Å². The van der Waals surface area contributed by atoms with E-state index in [0.29, 0.717) is 23.2 Å². The van der Waals surface area contributed by atoms with E-state index in [0.717, 1.165) is 18.3 Å². The Morgan fingerprint density at radius 3 is 2.50 bits per heavy atom. The fourth-order valence-electron chi connectivity index (χ4n) is 6.11. The summed E-state index contributed by atoms with van der Waals surface area (Å²) in [4.78, 5) is 10.9. The van der Waals surface area contributed by atoms with Crippen molar-refractivity contribution in [3.63, 3.8) is 0 Å². The Hall–Kier alpha value is -0.530. The van der Waals surface area contributed by atoms with Crippen LogP contribution in [0.2, 0.25) is 0 Å². The zero-order valence-corrected chi connectivity index (χ0v) is 12.2. The van der Waals surface area contributed by atoms with Crippen LogP contribution in [0.15, 0.2) is 0 Å². The van der Waals surface area contributed by atoms with Gasteiger partial charge in [0.25, 0.3) is 6.47 Å². The van der Waals surface area contributed by atoms with Gasteiger partial charge >= 0.3 is 0 Å². The number of hydrogen-bond donors (Lipinski definition) is 0. The van der Waals surface area contributed by atoms with E-state index in [9.17, 15) is 4.79 Å². The van der Waals surface area contributed by atoms with Crippen molar-refractivity contribution < 1.29 is 9.53 Å². The normalized spacial score (nSPS) is 53.0. The van der Waals surface area contributed by atoms with Gasteiger partial charge < -0.3 is 4.74 Å². The fourth-order valence-corrected chi connectivity index (χ4v) is 6.11. The maximum Gasteiger partial charge on any atom is 0.293 e. The molecule has 0 aliphatic heterocycles. The van der Waals surface area contributed by atoms with Gasteiger partial charge in [-0.05, 0) is 61.7 Å². The Morgan fingerprint density at radius 2 is 1.83 bits per heavy atom. The van der Waals surface area contributed by atoms with Crippen LogP contribution < -0.4 is 0 Å². The van der Waals surface area contributed by atoms with Crippen LogP contribution in [-0.4, -0.2) is 12.1 Å². The number of ether oxygens (including phenoxy) is 1. The molecule has 3 aliphatic rings. The van der Waals surface area contributed by atoms with Gasteiger partial charge in [-0.2, -0.15) is 0 Å². The number of rotatable bonds is 2. The van der Waals surface area contributed by atoms with Gasteiger partial charge in [-0.3, -0.25) is 4.79 Å². The molecule has 0 saturated heterocycles. The second-order valence-corrected chi connectivity index (χ2v) is 7.87. The lowest BCUT2D eigenvalue weighted by molar-refractivity contribution is -0.157. The van der Waals surface area contributed by atoms with Crippen LogP contribution in [0.4, 0.5) is 0 Å². The van der Waals surface area contributed by atoms with E-state index in [4.69, 9.17) is 4.74 Å². The number of carbonyl (C=O) groups is 1. The SMILES string of the molecule is C[C@H]1CC[C@H]2C(C)(C)[C@@H]3C[C@]12CC[C@@]3(C)OC=O. The minimum atomic E-state index is -0.222. The number of fused-ring (bicyclic) bond motifs is 1. The molecule has 2 heteroatoms. The van der Waals surface area contributed by atoms with Gasteiger partial charge in [-0.15, -0.1) is 0 Å². The van der Waals surface area contributed by atoms with Crippen molar-refractivity contribution in [3.05, 3.63) is 0 Å². The molecule has 0 N–H and O–H groups in total. The third-order valence-electron chi connectivity index (χ3n) is 7.09. The maximum absolute atomic E-state index is 10.9. The van der Waals surface area contributed by atoms with Crippen molar-refractivity contribution in [2.45, 2.75) is 65.4 Å². The monoisotopic (exact) mass is 250 g/mol. The highest BCUT2D eigenvalue weighted by Crippen LogP contribution is 2.73. The molecule has 3 fully saturated rings. The second-order valence-electron chi connectivity index (χ2n) is 7.87. The Balaban J connectivity index is 2.01. The van der Waals surface area contributed by atoms with Crippen LogP contribution >= 0.6 is 0 Å². The highest BCUT2D eigenvalue weighted by atomic mass is 16.5. The summed E-state index contributed by atoms with van der Waals surface area (Å²) in [5, 5.41) is 0. The van der Waals surface area contributed by atoms with Crippen molar-refractivity contribution in [2.24, 2.45) is 28.6 Å². The molecular formula is C16H26O2. The number of carbonyl (C=O) groups excluding carboxylic acids is 1. The molecule has 18 heavy (non-hydrogen) atoms. The van der Waals surface area contributed by atoms with E-state index in [1.807, 2.05) is 0 Å². The summed E-state index contributed by atoms with van der Waals surface area (Å²) in [7, 11) is 0. The Morgan fingerprint density at radius 1 is 1.11 bits per heavy atom. The van der Waals surface area contributed by atoms with E-state index in [1.54, 1.807) is 0 Å². The lowest BCUT2D eigenvalue weighted by atomic mass is 9.64. The number of hydrogen-bond acceptors (Lipinski definition) is 2. The van der Waals surface area contributed by atoms with Gasteiger partial charge in [-0.1, -0.05) is 20.8 Å². The Kier molecular flexibility index (Phi) is 2.44. The summed E-state index contributed by atoms with van der Waals surface area (Å²) < 4.78 is 5.55. The predicted molar refractivity (Wildman–Crippen MR) is 71.0 cm³/mol. The maximum atomic E-state index is 10.9. The molecule has 102 valence electrons. The van der Waals surface area contributed by atoms with Crippen LogP contribution in [0, 0.1) is 28.6 Å². The van der Waals surface area contributed by atoms with Gasteiger partial charge in [-0.25, -0.2) is 0 Å². The van der Waals surface area contributed by atoms with E-state index < -0.39 is 0 Å². The van der Waals surface area contributed by atoms with E-state index in [-0.39, 0.29) is 5.60 Å². The molecule has 0 aromatic heterocycles. The predicted octanol–water partition coefficient (Wildman–Crippen LogP) is 3.79. The first kappa shape index (κ1) is 12.5. The zero-order valence-electron chi connectivity index (χ0n) is 12.2. The molecular weight excluding hydrogens is 224 g/mol. The van der Waals surface area contributed by atoms with Crippen molar-refractivity contribution in [2.75, 3.05) is 0 Å². The van der Waals surface area contributed by atoms with Gasteiger partial charge in [0.1, 0.15) is 5.60 Å². The summed E-state index contributed by atoms with van der Waals surface area (Å²) in [6.45, 7) is 10.1. The van der Waals surface area contributed by atoms with Crippen molar-refractivity contribution in [1.82, 2.24) is 0 Å². The van der Waals surface area contributed by atoms with Crippen molar-refractivity contribution in [3.8, 4) is 0 Å². The van der Waals surface area contributed by atoms with Crippen LogP contribution in [0.3, 0.4) is 0 Å². The summed E-state index contributed by atoms with van der Waals surface area (Å²) in [5.41, 5.74) is 0.652. The van der Waals surface area contributed by atoms with Crippen molar-refractivity contribution >= 4 is 6.47 Å². The van der Waals surface area contributed by atoms with Crippen molar-refractivity contribution in [1.29, 1.82) is 0 Å². The van der Waals surface area contributed by atoms with Crippen LogP contribution in [0.1, 0.15) is 59.8 Å². The molecule has 3 rings (SSSR count). The molecule has 0 amide bonds. The van der Waals surface area contributed by atoms with E-state index in [1.165, 1.54) is 25.7 Å². The van der Waals surface area contributed by atoms with Gasteiger partial charge in [0, 0.05) is 5.92 Å². The lowest BCUT2D eigenvalue weighted by Gasteiger charge is -2.45. The minimum Gasteiger partial charge on any atom is -0.461 e. The zero-order chi connectivity index (χ0) is 13.2. The topological polar surface area (TPSA) is 26.3 Å². The van der Waals surface area contributed by atoms with E-state index >= 15 is 0 Å². The summed E-state index contributed by atoms with van der Waals surface area (Å²) >= 11 is 0. The summed E-state index contributed by atoms with van der Waals surface area (Å²) in [5.74, 6) is 2.23. The molecule has 3 saturated carbocycles. The van der Waals surface area contributed by atoms with Crippen LogP contribution in [-0.2, 0) is 9.53 Å². The first-order chi connectivity index (χ1) is 8.37. The Labute approximate surface area is 110 Å². The second kappa shape index (κ2) is 3.52. The van der Waals surface area contributed by atoms with Gasteiger partial charge in [0.15, 0.2) is 0 Å². The third-order valence-corrected chi connectivity index (χ3v) is 7.09. The minimum absolute atomic E-state index is 0.222. The van der Waals surface area contributed by atoms with Crippen LogP contribution in [0.25, 0.3) is 0 Å². The fraction of sp³-hybridized carbons (Fsp3) is 0.938. The third kappa shape index (κ3) is 1.27. The lowest BCUT2D eigenvalue weighted by Crippen LogP contribution is -2.46. The van der Waals surface area contributed by atoms with Gasteiger partial charge in [0.2, 0.25) is 0 Å². The molecule has 1 spiro atoms. The highest BCUT2D eigenvalue weighted by Gasteiger charge is 2.68. The molecule has 0 aromatic carbocycles. The average Bonchev–Trinajstić information content (AvgIpc) is 2.71. The summed E-state index contributed by atoms with van der Waals surface area (Å²) in [6, 6.07) is 0. The quantitative estimate of drug-likeness (QED) is 0.697. The first-order valence-corrected chi connectivity index (χ1v) is 7.48. The standard InChI is InChI=1S/C16H26O2/c1-11-5-6-12-14(2,3)13-9-16(11,12)8-7-15(13,4)18-10-17/h10-13H,5-9H2,1-4H3/t11-,12-,13-,15+,16+/m0/s1. The molecule has 0 radical (unpaired) electrons.